The number of nitriles is 1. The zero-order valence-electron chi connectivity index (χ0n) is 25.8. The molecule has 9 aromatic rings. The quantitative estimate of drug-likeness (QED) is 0.183. The summed E-state index contributed by atoms with van der Waals surface area (Å²) in [6, 6.07) is 56.6. The predicted molar refractivity (Wildman–Crippen MR) is 197 cm³/mol. The van der Waals surface area contributed by atoms with Gasteiger partial charge in [0.05, 0.1) is 46.0 Å². The summed E-state index contributed by atoms with van der Waals surface area (Å²) in [5, 5.41) is 14.3. The summed E-state index contributed by atoms with van der Waals surface area (Å²) in [6.07, 6.45) is 0. The summed E-state index contributed by atoms with van der Waals surface area (Å²) in [4.78, 5) is 3.99. The third-order valence-electron chi connectivity index (χ3n) is 9.38. The maximum absolute atomic E-state index is 9.65. The highest BCUT2D eigenvalue weighted by Gasteiger charge is 2.19. The Morgan fingerprint density at radius 2 is 1.06 bits per heavy atom. The third kappa shape index (κ3) is 4.14. The normalized spacial score (nSPS) is 11.3. The number of hydrogen-bond donors (Lipinski definition) is 0. The number of fused-ring (bicyclic) bond motifs is 6. The van der Waals surface area contributed by atoms with Gasteiger partial charge in [-0.3, -0.25) is 0 Å². The molecule has 7 aromatic carbocycles. The number of rotatable bonds is 4. The lowest BCUT2D eigenvalue weighted by Gasteiger charge is -2.16. The second-order valence-corrected chi connectivity index (χ2v) is 12.0. The van der Waals surface area contributed by atoms with Crippen molar-refractivity contribution in [2.45, 2.75) is 0 Å². The fourth-order valence-electron chi connectivity index (χ4n) is 7.24. The molecule has 0 atom stereocenters. The van der Waals surface area contributed by atoms with Gasteiger partial charge < -0.3 is 9.13 Å². The number of para-hydroxylation sites is 4. The molecule has 0 aliphatic heterocycles. The summed E-state index contributed by atoms with van der Waals surface area (Å²) in [5.41, 5.74) is 11.7. The van der Waals surface area contributed by atoms with Crippen LogP contribution in [0.2, 0.25) is 0 Å². The van der Waals surface area contributed by atoms with E-state index in [0.29, 0.717) is 11.3 Å². The molecule has 0 unspecified atom stereocenters. The van der Waals surface area contributed by atoms with Crippen LogP contribution in [0.25, 0.3) is 82.1 Å². The molecule has 0 aliphatic rings. The largest absolute Gasteiger partial charge is 0.318 e. The summed E-state index contributed by atoms with van der Waals surface area (Å²) in [5.74, 6) is 0. The minimum atomic E-state index is 0.613. The highest BCUT2D eigenvalue weighted by Crippen LogP contribution is 2.41. The minimum absolute atomic E-state index is 0.613. The molecule has 0 saturated heterocycles. The van der Waals surface area contributed by atoms with Gasteiger partial charge in [0.15, 0.2) is 0 Å². The van der Waals surface area contributed by atoms with Gasteiger partial charge in [0.2, 0.25) is 5.69 Å². The monoisotopic (exact) mass is 610 g/mol. The van der Waals surface area contributed by atoms with E-state index in [9.17, 15) is 5.26 Å². The van der Waals surface area contributed by atoms with E-state index in [1.165, 1.54) is 10.8 Å². The van der Waals surface area contributed by atoms with Crippen LogP contribution >= 0.6 is 0 Å². The molecule has 4 nitrogen and oxygen atoms in total. The lowest BCUT2D eigenvalue weighted by Crippen LogP contribution is -1.98. The first-order valence-electron chi connectivity index (χ1n) is 15.9. The number of benzene rings is 7. The zero-order valence-corrected chi connectivity index (χ0v) is 25.8. The topological polar surface area (TPSA) is 38.0 Å². The zero-order chi connectivity index (χ0) is 32.2. The van der Waals surface area contributed by atoms with Crippen molar-refractivity contribution in [2.24, 2.45) is 0 Å². The minimum Gasteiger partial charge on any atom is -0.318 e. The molecular weight excluding hydrogens is 585 g/mol. The van der Waals surface area contributed by atoms with Crippen LogP contribution < -0.4 is 0 Å². The molecule has 0 spiro atoms. The SMILES string of the molecule is [C-]#[N+]c1cccc(-c2ccc(-c3cccc(-n4c5ccccc5c5ccc(C#N)cc54)c3)cc2)c1-n1c2ccccc2c2ccccc21. The van der Waals surface area contributed by atoms with Crippen LogP contribution in [0.15, 0.2) is 158 Å². The molecule has 0 bridgehead atoms. The van der Waals surface area contributed by atoms with Gasteiger partial charge in [0, 0.05) is 27.2 Å². The Hall–Kier alpha value is -6.88. The Bertz CT molecular complexity index is 2750. The predicted octanol–water partition coefficient (Wildman–Crippen LogP) is 11.6. The van der Waals surface area contributed by atoms with Gasteiger partial charge in [0.1, 0.15) is 0 Å². The molecule has 4 heteroatoms. The second kappa shape index (κ2) is 10.9. The molecule has 0 aliphatic carbocycles. The molecule has 0 saturated carbocycles. The summed E-state index contributed by atoms with van der Waals surface area (Å²) >= 11 is 0. The third-order valence-corrected chi connectivity index (χ3v) is 9.38. The highest BCUT2D eigenvalue weighted by atomic mass is 15.0. The molecular formula is C44H26N4. The molecule has 9 rings (SSSR count). The fraction of sp³-hybridized carbons (Fsp3) is 0. The van der Waals surface area contributed by atoms with Gasteiger partial charge in [-0.1, -0.05) is 115 Å². The van der Waals surface area contributed by atoms with Crippen LogP contribution in [0.3, 0.4) is 0 Å². The van der Waals surface area contributed by atoms with Gasteiger partial charge in [0.25, 0.3) is 0 Å². The van der Waals surface area contributed by atoms with Crippen molar-refractivity contribution < 1.29 is 0 Å². The van der Waals surface area contributed by atoms with Gasteiger partial charge in [-0.2, -0.15) is 5.26 Å². The Balaban J connectivity index is 1.17. The fourth-order valence-corrected chi connectivity index (χ4v) is 7.24. The van der Waals surface area contributed by atoms with Crippen LogP contribution in [-0.4, -0.2) is 9.13 Å². The summed E-state index contributed by atoms with van der Waals surface area (Å²) in [7, 11) is 0. The van der Waals surface area contributed by atoms with E-state index in [4.69, 9.17) is 6.57 Å². The van der Waals surface area contributed by atoms with Crippen LogP contribution in [0, 0.1) is 17.9 Å². The van der Waals surface area contributed by atoms with Crippen LogP contribution in [0.5, 0.6) is 0 Å². The van der Waals surface area contributed by atoms with Crippen LogP contribution in [0.4, 0.5) is 5.69 Å². The Kier molecular flexibility index (Phi) is 6.22. The van der Waals surface area contributed by atoms with E-state index < -0.39 is 0 Å². The summed E-state index contributed by atoms with van der Waals surface area (Å²) < 4.78 is 4.49. The van der Waals surface area contributed by atoms with E-state index in [2.05, 4.69) is 147 Å². The Morgan fingerprint density at radius 1 is 0.479 bits per heavy atom. The molecule has 2 heterocycles. The average molecular weight is 611 g/mol. The van der Waals surface area contributed by atoms with Crippen LogP contribution in [-0.2, 0) is 0 Å². The van der Waals surface area contributed by atoms with Gasteiger partial charge in [-0.15, -0.1) is 0 Å². The van der Waals surface area contributed by atoms with E-state index in [1.807, 2.05) is 30.3 Å². The van der Waals surface area contributed by atoms with Gasteiger partial charge >= 0.3 is 0 Å². The average Bonchev–Trinajstić information content (AvgIpc) is 3.67. The van der Waals surface area contributed by atoms with E-state index in [0.717, 1.165) is 66.5 Å². The first-order valence-corrected chi connectivity index (χ1v) is 15.9. The van der Waals surface area contributed by atoms with Crippen molar-refractivity contribution in [1.29, 1.82) is 5.26 Å². The number of nitrogens with zero attached hydrogens (tertiary/aromatic N) is 4. The molecule has 2 aromatic heterocycles. The second-order valence-electron chi connectivity index (χ2n) is 12.0. The molecule has 0 amide bonds. The highest BCUT2D eigenvalue weighted by molar-refractivity contribution is 6.11. The first kappa shape index (κ1) is 27.4. The lowest BCUT2D eigenvalue weighted by molar-refractivity contribution is 1.18. The van der Waals surface area contributed by atoms with E-state index in [1.54, 1.807) is 0 Å². The Labute approximate surface area is 277 Å². The molecule has 0 fully saturated rings. The van der Waals surface area contributed by atoms with E-state index in [-0.39, 0.29) is 0 Å². The molecule has 0 N–H and O–H groups in total. The first-order chi connectivity index (χ1) is 23.7. The van der Waals surface area contributed by atoms with Crippen molar-refractivity contribution in [3.8, 4) is 39.7 Å². The maximum Gasteiger partial charge on any atom is 0.211 e. The molecule has 0 radical (unpaired) electrons. The van der Waals surface area contributed by atoms with Gasteiger partial charge in [-0.05, 0) is 64.7 Å². The van der Waals surface area contributed by atoms with Crippen molar-refractivity contribution in [1.82, 2.24) is 9.13 Å². The van der Waals surface area contributed by atoms with Gasteiger partial charge in [-0.25, -0.2) is 4.85 Å². The number of hydrogen-bond acceptors (Lipinski definition) is 1. The van der Waals surface area contributed by atoms with Crippen molar-refractivity contribution in [2.75, 3.05) is 0 Å². The van der Waals surface area contributed by atoms with Crippen molar-refractivity contribution in [3.05, 3.63) is 175 Å². The standard InChI is InChI=1S/C44H26N4/c1-46-39-16-9-15-34(44(39)48-41-18-6-3-12-35(41)36-13-4-7-19-42(36)48)31-23-21-30(22-24-31)32-10-8-11-33(27-32)47-40-17-5-2-14-37(40)38-25-20-29(28-45)26-43(38)47/h2-27H. The molecule has 222 valence electrons. The van der Waals surface area contributed by atoms with Crippen molar-refractivity contribution >= 4 is 49.3 Å². The van der Waals surface area contributed by atoms with E-state index >= 15 is 0 Å². The van der Waals surface area contributed by atoms with Crippen molar-refractivity contribution in [3.63, 3.8) is 0 Å². The maximum atomic E-state index is 9.65. The molecule has 48 heavy (non-hydrogen) atoms. The van der Waals surface area contributed by atoms with Crippen LogP contribution in [0.1, 0.15) is 5.56 Å². The number of aromatic nitrogens is 2. The lowest BCUT2D eigenvalue weighted by atomic mass is 9.98. The smallest absolute Gasteiger partial charge is 0.211 e. The Morgan fingerprint density at radius 3 is 1.71 bits per heavy atom. The summed E-state index contributed by atoms with van der Waals surface area (Å²) in [6.45, 7) is 8.11.